The van der Waals surface area contributed by atoms with Crippen LogP contribution in [0.5, 0.6) is 0 Å². The summed E-state index contributed by atoms with van der Waals surface area (Å²) in [4.78, 5) is 43.7. The van der Waals surface area contributed by atoms with Gasteiger partial charge in [-0.25, -0.2) is 4.79 Å². The second-order valence-corrected chi connectivity index (χ2v) is 10.2. The van der Waals surface area contributed by atoms with Gasteiger partial charge in [0.05, 0.1) is 17.0 Å². The molecule has 0 spiro atoms. The van der Waals surface area contributed by atoms with Crippen molar-refractivity contribution in [1.82, 2.24) is 9.80 Å². The Hall–Kier alpha value is -4.10. The molecule has 13 heteroatoms. The zero-order chi connectivity index (χ0) is 29.4. The first kappa shape index (κ1) is 29.9. The molecule has 0 radical (unpaired) electrons. The molecule has 1 aliphatic rings. The van der Waals surface area contributed by atoms with Gasteiger partial charge in [0.25, 0.3) is 5.91 Å². The summed E-state index contributed by atoms with van der Waals surface area (Å²) in [6.45, 7) is 2.30. The molecule has 0 atom stereocenters. The number of rotatable bonds is 9. The summed E-state index contributed by atoms with van der Waals surface area (Å²) in [6.07, 6.45) is -4.49. The standard InChI is InChI=1S/C28H30F3N5O4S/c1-40-16-15-36(26(38)24-6-3-17-41-24)19-25(37)32-21-7-9-23(10-8-21)34-11-13-35(14-12-34)27(39)33-22-5-2-4-20(18-22)28(29,30)31/h2-10,17-18H,11-16,19H2,1H3,(H,32,37)(H,33,39). The first-order chi connectivity index (χ1) is 19.6. The maximum atomic E-state index is 13.0. The van der Waals surface area contributed by atoms with Crippen LogP contribution in [0.3, 0.4) is 0 Å². The number of nitrogens with zero attached hydrogens (tertiary/aromatic N) is 3. The number of methoxy groups -OCH3 is 1. The van der Waals surface area contributed by atoms with E-state index in [0.717, 1.165) is 17.8 Å². The van der Waals surface area contributed by atoms with E-state index in [1.807, 2.05) is 12.1 Å². The topological polar surface area (TPSA) is 94.2 Å². The van der Waals surface area contributed by atoms with Crippen molar-refractivity contribution in [2.24, 2.45) is 0 Å². The maximum Gasteiger partial charge on any atom is 0.416 e. The monoisotopic (exact) mass is 589 g/mol. The average Bonchev–Trinajstić information content (AvgIpc) is 3.50. The van der Waals surface area contributed by atoms with E-state index in [0.29, 0.717) is 43.4 Å². The molecule has 0 bridgehead atoms. The highest BCUT2D eigenvalue weighted by Gasteiger charge is 2.31. The molecule has 218 valence electrons. The molecule has 0 aliphatic carbocycles. The third-order valence-corrected chi connectivity index (χ3v) is 7.30. The van der Waals surface area contributed by atoms with Crippen LogP contribution in [0.25, 0.3) is 0 Å². The average molecular weight is 590 g/mol. The summed E-state index contributed by atoms with van der Waals surface area (Å²) >= 11 is 1.31. The second kappa shape index (κ2) is 13.5. The molecule has 41 heavy (non-hydrogen) atoms. The third-order valence-electron chi connectivity index (χ3n) is 6.44. The number of benzene rings is 2. The van der Waals surface area contributed by atoms with E-state index in [9.17, 15) is 27.6 Å². The van der Waals surface area contributed by atoms with Gasteiger partial charge < -0.3 is 30.1 Å². The van der Waals surface area contributed by atoms with Gasteiger partial charge in [0.15, 0.2) is 0 Å². The van der Waals surface area contributed by atoms with E-state index < -0.39 is 17.8 Å². The molecule has 3 aromatic rings. The zero-order valence-corrected chi connectivity index (χ0v) is 23.1. The Balaban J connectivity index is 1.27. The minimum Gasteiger partial charge on any atom is -0.383 e. The molecule has 9 nitrogen and oxygen atoms in total. The minimum absolute atomic E-state index is 0.0857. The Labute approximate surface area is 239 Å². The minimum atomic E-state index is -4.49. The lowest BCUT2D eigenvalue weighted by atomic mass is 10.2. The van der Waals surface area contributed by atoms with Gasteiger partial charge in [0.2, 0.25) is 5.91 Å². The highest BCUT2D eigenvalue weighted by atomic mass is 32.1. The molecule has 1 aliphatic heterocycles. The molecule has 2 heterocycles. The van der Waals surface area contributed by atoms with Gasteiger partial charge in [-0.05, 0) is 53.9 Å². The lowest BCUT2D eigenvalue weighted by Gasteiger charge is -2.36. The number of anilines is 3. The van der Waals surface area contributed by atoms with Crippen LogP contribution in [0.15, 0.2) is 66.0 Å². The normalized spacial score (nSPS) is 13.6. The molecule has 1 aromatic heterocycles. The summed E-state index contributed by atoms with van der Waals surface area (Å²) in [7, 11) is 1.53. The molecular weight excluding hydrogens is 559 g/mol. The van der Waals surface area contributed by atoms with E-state index in [-0.39, 0.29) is 30.6 Å². The molecule has 4 rings (SSSR count). The van der Waals surface area contributed by atoms with Crippen molar-refractivity contribution in [2.45, 2.75) is 6.18 Å². The summed E-state index contributed by atoms with van der Waals surface area (Å²) in [6, 6.07) is 14.8. The Morgan fingerprint density at radius 2 is 1.68 bits per heavy atom. The molecule has 1 fully saturated rings. The van der Waals surface area contributed by atoms with Crippen molar-refractivity contribution in [3.05, 3.63) is 76.5 Å². The second-order valence-electron chi connectivity index (χ2n) is 9.27. The van der Waals surface area contributed by atoms with Crippen molar-refractivity contribution < 1.29 is 32.3 Å². The SMILES string of the molecule is COCCN(CC(=O)Nc1ccc(N2CCN(C(=O)Nc3cccc(C(F)(F)F)c3)CC2)cc1)C(=O)c1cccs1. The number of carbonyl (C=O) groups excluding carboxylic acids is 3. The van der Waals surface area contributed by atoms with Crippen molar-refractivity contribution in [3.63, 3.8) is 0 Å². The fourth-order valence-electron chi connectivity index (χ4n) is 4.28. The number of thiophene rings is 1. The zero-order valence-electron chi connectivity index (χ0n) is 22.3. The molecule has 0 unspecified atom stereocenters. The quantitative estimate of drug-likeness (QED) is 0.372. The number of hydrogen-bond donors (Lipinski definition) is 2. The third kappa shape index (κ3) is 8.21. The summed E-state index contributed by atoms with van der Waals surface area (Å²) in [5, 5.41) is 7.16. The smallest absolute Gasteiger partial charge is 0.383 e. The van der Waals surface area contributed by atoms with Gasteiger partial charge in [-0.2, -0.15) is 13.2 Å². The van der Waals surface area contributed by atoms with Gasteiger partial charge in [-0.3, -0.25) is 9.59 Å². The van der Waals surface area contributed by atoms with E-state index >= 15 is 0 Å². The number of piperazine rings is 1. The van der Waals surface area contributed by atoms with Gasteiger partial charge in [-0.1, -0.05) is 12.1 Å². The van der Waals surface area contributed by atoms with Gasteiger partial charge >= 0.3 is 12.2 Å². The van der Waals surface area contributed by atoms with E-state index in [2.05, 4.69) is 15.5 Å². The van der Waals surface area contributed by atoms with Gasteiger partial charge in [0.1, 0.15) is 6.54 Å². The van der Waals surface area contributed by atoms with Crippen LogP contribution in [0.4, 0.5) is 35.0 Å². The molecule has 1 saturated heterocycles. The van der Waals surface area contributed by atoms with Crippen molar-refractivity contribution in [1.29, 1.82) is 0 Å². The Morgan fingerprint density at radius 3 is 2.32 bits per heavy atom. The van der Waals surface area contributed by atoms with E-state index in [1.165, 1.54) is 35.5 Å². The Morgan fingerprint density at radius 1 is 0.951 bits per heavy atom. The fraction of sp³-hybridized carbons (Fsp3) is 0.321. The number of nitrogens with one attached hydrogen (secondary N) is 2. The molecular formula is C28H30F3N5O4S. The van der Waals surface area contributed by atoms with E-state index in [1.54, 1.807) is 34.5 Å². The Bertz CT molecular complexity index is 1330. The van der Waals surface area contributed by atoms with Crippen molar-refractivity contribution in [3.8, 4) is 0 Å². The number of carbonyl (C=O) groups is 3. The number of halogens is 3. The molecule has 2 aromatic carbocycles. The highest BCUT2D eigenvalue weighted by molar-refractivity contribution is 7.12. The van der Waals surface area contributed by atoms with Crippen LogP contribution < -0.4 is 15.5 Å². The predicted octanol–water partition coefficient (Wildman–Crippen LogP) is 4.85. The number of urea groups is 1. The van der Waals surface area contributed by atoms with Gasteiger partial charge in [0, 0.05) is 56.9 Å². The van der Waals surface area contributed by atoms with Crippen LogP contribution >= 0.6 is 11.3 Å². The summed E-state index contributed by atoms with van der Waals surface area (Å²) in [5.41, 5.74) is 0.737. The van der Waals surface area contributed by atoms with Crippen LogP contribution in [-0.2, 0) is 15.7 Å². The number of ether oxygens (including phenoxy) is 1. The van der Waals surface area contributed by atoms with Crippen LogP contribution in [0.2, 0.25) is 0 Å². The predicted molar refractivity (Wildman–Crippen MR) is 151 cm³/mol. The first-order valence-electron chi connectivity index (χ1n) is 12.8. The van der Waals surface area contributed by atoms with Crippen LogP contribution in [0, 0.1) is 0 Å². The Kier molecular flexibility index (Phi) is 9.84. The van der Waals surface area contributed by atoms with E-state index in [4.69, 9.17) is 4.74 Å². The first-order valence-corrected chi connectivity index (χ1v) is 13.7. The largest absolute Gasteiger partial charge is 0.416 e. The number of amides is 4. The lowest BCUT2D eigenvalue weighted by Crippen LogP contribution is -2.50. The molecule has 0 saturated carbocycles. The fourth-order valence-corrected chi connectivity index (χ4v) is 4.97. The highest BCUT2D eigenvalue weighted by Crippen LogP contribution is 2.30. The van der Waals surface area contributed by atoms with Gasteiger partial charge in [-0.15, -0.1) is 11.3 Å². The van der Waals surface area contributed by atoms with Crippen molar-refractivity contribution >= 4 is 46.2 Å². The lowest BCUT2D eigenvalue weighted by molar-refractivity contribution is -0.137. The number of hydrogen-bond acceptors (Lipinski definition) is 6. The van der Waals surface area contributed by atoms with Crippen LogP contribution in [0.1, 0.15) is 15.2 Å². The van der Waals surface area contributed by atoms with Crippen LogP contribution in [-0.4, -0.2) is 80.6 Å². The summed E-state index contributed by atoms with van der Waals surface area (Å²) < 4.78 is 43.9. The molecule has 2 N–H and O–H groups in total. The maximum absolute atomic E-state index is 13.0. The molecule has 4 amide bonds. The number of alkyl halides is 3. The summed E-state index contributed by atoms with van der Waals surface area (Å²) in [5.74, 6) is -0.565. The van der Waals surface area contributed by atoms with Crippen molar-refractivity contribution in [2.75, 3.05) is 68.5 Å².